The molecular weight excluding hydrogens is 387 g/mol. The molecule has 2 aromatic rings. The van der Waals surface area contributed by atoms with Gasteiger partial charge in [0.25, 0.3) is 5.91 Å². The molecule has 0 atom stereocenters. The first-order chi connectivity index (χ1) is 12.8. The maximum absolute atomic E-state index is 13.7. The summed E-state index contributed by atoms with van der Waals surface area (Å²) in [6.07, 6.45) is 0.550. The van der Waals surface area contributed by atoms with Gasteiger partial charge in [0.2, 0.25) is 5.95 Å². The Balaban J connectivity index is 1.64. The average Bonchev–Trinajstić information content (AvgIpc) is 3.42. The van der Waals surface area contributed by atoms with E-state index in [9.17, 15) is 22.8 Å². The van der Waals surface area contributed by atoms with Gasteiger partial charge in [-0.25, -0.2) is 14.4 Å². The van der Waals surface area contributed by atoms with Gasteiger partial charge in [-0.2, -0.15) is 8.78 Å². The summed E-state index contributed by atoms with van der Waals surface area (Å²) >= 11 is 5.70. The Morgan fingerprint density at radius 3 is 2.37 bits per heavy atom. The minimum absolute atomic E-state index is 0.0279. The number of hydrazine groups is 1. The zero-order valence-electron chi connectivity index (χ0n) is 13.6. The van der Waals surface area contributed by atoms with Crippen LogP contribution in [-0.2, 0) is 10.3 Å². The van der Waals surface area contributed by atoms with E-state index in [4.69, 9.17) is 11.6 Å². The Labute approximate surface area is 156 Å². The third-order valence-electron chi connectivity index (χ3n) is 3.98. The Morgan fingerprint density at radius 2 is 1.81 bits per heavy atom. The number of carbonyl (C=O) groups is 2. The maximum Gasteiger partial charge on any atom is 0.317 e. The van der Waals surface area contributed by atoms with Gasteiger partial charge < -0.3 is 5.32 Å². The van der Waals surface area contributed by atoms with Crippen molar-refractivity contribution in [1.29, 1.82) is 0 Å². The number of aromatic nitrogens is 2. The normalized spacial score (nSPS) is 14.6. The van der Waals surface area contributed by atoms with Crippen molar-refractivity contribution >= 4 is 29.4 Å². The molecule has 0 saturated heterocycles. The molecule has 1 fully saturated rings. The van der Waals surface area contributed by atoms with Crippen LogP contribution in [0.2, 0.25) is 5.02 Å². The van der Waals surface area contributed by atoms with E-state index in [1.165, 1.54) is 12.1 Å². The molecule has 2 amide bonds. The molecule has 1 heterocycles. The Bertz CT molecular complexity index is 875. The largest absolute Gasteiger partial charge is 0.345 e. The van der Waals surface area contributed by atoms with Crippen molar-refractivity contribution in [2.24, 2.45) is 0 Å². The van der Waals surface area contributed by atoms with Crippen molar-refractivity contribution in [2.75, 3.05) is 5.32 Å². The van der Waals surface area contributed by atoms with Crippen LogP contribution >= 0.6 is 11.6 Å². The van der Waals surface area contributed by atoms with Crippen LogP contribution in [0.3, 0.4) is 0 Å². The Morgan fingerprint density at radius 1 is 1.15 bits per heavy atom. The number of hydrogen-bond acceptors (Lipinski definition) is 5. The van der Waals surface area contributed by atoms with Crippen molar-refractivity contribution < 1.29 is 22.8 Å². The highest BCUT2D eigenvalue weighted by Gasteiger charge is 2.45. The van der Waals surface area contributed by atoms with Crippen molar-refractivity contribution in [2.45, 2.75) is 24.8 Å². The van der Waals surface area contributed by atoms with E-state index in [0.717, 1.165) is 25.2 Å². The highest BCUT2D eigenvalue weighted by Crippen LogP contribution is 2.48. The molecule has 0 bridgehead atoms. The van der Waals surface area contributed by atoms with Crippen LogP contribution in [0.4, 0.5) is 19.1 Å². The van der Waals surface area contributed by atoms with Gasteiger partial charge in [0.15, 0.2) is 0 Å². The SMILES string of the molecule is O=C(NNC(=O)C(F)F)c1cnc(NC2(c3ccc(Cl)c(F)c3)CC2)nc1. The number of amides is 2. The molecule has 27 heavy (non-hydrogen) atoms. The standard InChI is InChI=1S/C16H13ClF3N5O2/c17-10-2-1-9(5-11(10)18)16(3-4-16)23-15-21-6-8(7-22-15)13(26)24-25-14(27)12(19)20/h1-2,5-7,12H,3-4H2,(H,24,26)(H,25,27)(H,21,22,23). The summed E-state index contributed by atoms with van der Waals surface area (Å²) in [6, 6.07) is 4.52. The second-order valence-corrected chi connectivity index (χ2v) is 6.28. The van der Waals surface area contributed by atoms with E-state index in [0.29, 0.717) is 5.56 Å². The second-order valence-electron chi connectivity index (χ2n) is 5.88. The van der Waals surface area contributed by atoms with Crippen LogP contribution in [0.5, 0.6) is 0 Å². The van der Waals surface area contributed by atoms with E-state index in [1.54, 1.807) is 11.5 Å². The molecule has 1 aliphatic rings. The number of nitrogens with one attached hydrogen (secondary N) is 3. The molecule has 0 spiro atoms. The van der Waals surface area contributed by atoms with Gasteiger partial charge in [0, 0.05) is 12.4 Å². The first kappa shape index (κ1) is 18.9. The van der Waals surface area contributed by atoms with Gasteiger partial charge in [0.1, 0.15) is 5.82 Å². The van der Waals surface area contributed by atoms with Gasteiger partial charge in [0.05, 0.1) is 16.1 Å². The smallest absolute Gasteiger partial charge is 0.317 e. The third-order valence-corrected chi connectivity index (χ3v) is 4.29. The lowest BCUT2D eigenvalue weighted by atomic mass is 10.1. The molecule has 7 nitrogen and oxygen atoms in total. The topological polar surface area (TPSA) is 96.0 Å². The van der Waals surface area contributed by atoms with E-state index in [-0.39, 0.29) is 16.5 Å². The molecule has 0 aliphatic heterocycles. The number of rotatable bonds is 5. The summed E-state index contributed by atoms with van der Waals surface area (Å²) in [7, 11) is 0. The molecule has 1 aliphatic carbocycles. The highest BCUT2D eigenvalue weighted by atomic mass is 35.5. The molecule has 1 saturated carbocycles. The number of halogens is 4. The van der Waals surface area contributed by atoms with Gasteiger partial charge in [-0.05, 0) is 30.5 Å². The van der Waals surface area contributed by atoms with Crippen molar-refractivity contribution in [1.82, 2.24) is 20.8 Å². The number of nitrogens with zero attached hydrogens (tertiary/aromatic N) is 2. The fourth-order valence-electron chi connectivity index (χ4n) is 2.37. The Hall–Kier alpha value is -2.88. The van der Waals surface area contributed by atoms with Crippen molar-refractivity contribution in [3.8, 4) is 0 Å². The lowest BCUT2D eigenvalue weighted by Crippen LogP contribution is -2.44. The van der Waals surface area contributed by atoms with E-state index >= 15 is 0 Å². The van der Waals surface area contributed by atoms with Crippen LogP contribution in [0.1, 0.15) is 28.8 Å². The average molecular weight is 400 g/mol. The Kier molecular flexibility index (Phi) is 5.17. The summed E-state index contributed by atoms with van der Waals surface area (Å²) in [5, 5.41) is 3.12. The minimum Gasteiger partial charge on any atom is -0.345 e. The van der Waals surface area contributed by atoms with Crippen LogP contribution in [0, 0.1) is 5.82 Å². The van der Waals surface area contributed by atoms with Crippen molar-refractivity contribution in [3.63, 3.8) is 0 Å². The summed E-state index contributed by atoms with van der Waals surface area (Å²) < 4.78 is 37.8. The lowest BCUT2D eigenvalue weighted by Gasteiger charge is -2.18. The molecule has 142 valence electrons. The molecule has 1 aromatic heterocycles. The van der Waals surface area contributed by atoms with E-state index in [2.05, 4.69) is 15.3 Å². The summed E-state index contributed by atoms with van der Waals surface area (Å²) in [4.78, 5) is 30.4. The third kappa shape index (κ3) is 4.27. The molecule has 3 rings (SSSR count). The minimum atomic E-state index is -3.25. The first-order valence-electron chi connectivity index (χ1n) is 7.75. The van der Waals surface area contributed by atoms with Crippen LogP contribution < -0.4 is 16.2 Å². The molecule has 11 heteroatoms. The molecular formula is C16H13ClF3N5O2. The zero-order valence-corrected chi connectivity index (χ0v) is 14.4. The predicted octanol–water partition coefficient (Wildman–Crippen LogP) is 2.40. The zero-order chi connectivity index (χ0) is 19.6. The number of benzene rings is 1. The van der Waals surface area contributed by atoms with E-state index in [1.807, 2.05) is 5.43 Å². The number of carbonyl (C=O) groups excluding carboxylic acids is 2. The highest BCUT2D eigenvalue weighted by molar-refractivity contribution is 6.30. The fraction of sp³-hybridized carbons (Fsp3) is 0.250. The van der Waals surface area contributed by atoms with Crippen LogP contribution in [0.25, 0.3) is 0 Å². The molecule has 1 aromatic carbocycles. The maximum atomic E-state index is 13.7. The number of alkyl halides is 2. The number of anilines is 1. The predicted molar refractivity (Wildman–Crippen MR) is 89.6 cm³/mol. The summed E-state index contributed by atoms with van der Waals surface area (Å²) in [6.45, 7) is 0. The molecule has 0 radical (unpaired) electrons. The summed E-state index contributed by atoms with van der Waals surface area (Å²) in [5.74, 6) is -2.80. The van der Waals surface area contributed by atoms with Crippen LogP contribution in [0.15, 0.2) is 30.6 Å². The number of hydrogen-bond donors (Lipinski definition) is 3. The van der Waals surface area contributed by atoms with Crippen molar-refractivity contribution in [3.05, 3.63) is 52.6 Å². The molecule has 0 unspecified atom stereocenters. The monoisotopic (exact) mass is 399 g/mol. The lowest BCUT2D eigenvalue weighted by molar-refractivity contribution is -0.132. The second kappa shape index (κ2) is 7.39. The van der Waals surface area contributed by atoms with Gasteiger partial charge in [-0.3, -0.25) is 20.4 Å². The van der Waals surface area contributed by atoms with Gasteiger partial charge in [-0.1, -0.05) is 17.7 Å². The van der Waals surface area contributed by atoms with Gasteiger partial charge in [-0.15, -0.1) is 0 Å². The summed E-state index contributed by atoms with van der Waals surface area (Å²) in [5.41, 5.74) is 3.53. The van der Waals surface area contributed by atoms with Gasteiger partial charge >= 0.3 is 12.3 Å². The van der Waals surface area contributed by atoms with E-state index < -0.39 is 29.6 Å². The molecule has 3 N–H and O–H groups in total. The quantitative estimate of drug-likeness (QED) is 0.671. The first-order valence-corrected chi connectivity index (χ1v) is 8.13. The fourth-order valence-corrected chi connectivity index (χ4v) is 2.49. The van der Waals surface area contributed by atoms with Crippen LogP contribution in [-0.4, -0.2) is 28.2 Å².